The summed E-state index contributed by atoms with van der Waals surface area (Å²) >= 11 is 0. The summed E-state index contributed by atoms with van der Waals surface area (Å²) in [6.45, 7) is 8.76. The van der Waals surface area contributed by atoms with E-state index in [0.29, 0.717) is 0 Å². The first-order chi connectivity index (χ1) is 9.24. The van der Waals surface area contributed by atoms with Crippen molar-refractivity contribution < 1.29 is 4.42 Å². The summed E-state index contributed by atoms with van der Waals surface area (Å²) in [5, 5.41) is 3.45. The van der Waals surface area contributed by atoms with E-state index < -0.39 is 0 Å². The number of hydrogen-bond donors (Lipinski definition) is 1. The van der Waals surface area contributed by atoms with Gasteiger partial charge in [0.15, 0.2) is 0 Å². The standard InChI is InChI=1S/C16H30N2O/c1-4-10-17-11-7-5-6-8-12-18(3)14-16-9-13-19-15(16)2/h9,13,17H,4-8,10-12,14H2,1-3H3. The third-order valence-electron chi connectivity index (χ3n) is 3.48. The summed E-state index contributed by atoms with van der Waals surface area (Å²) in [6, 6.07) is 2.07. The Morgan fingerprint density at radius 3 is 2.63 bits per heavy atom. The molecule has 0 saturated carbocycles. The summed E-state index contributed by atoms with van der Waals surface area (Å²) in [4.78, 5) is 2.38. The lowest BCUT2D eigenvalue weighted by atomic mass is 10.2. The second kappa shape index (κ2) is 10.0. The lowest BCUT2D eigenvalue weighted by molar-refractivity contribution is 0.314. The van der Waals surface area contributed by atoms with E-state index in [1.165, 1.54) is 50.8 Å². The van der Waals surface area contributed by atoms with Gasteiger partial charge in [-0.25, -0.2) is 0 Å². The number of aryl methyl sites for hydroxylation is 1. The van der Waals surface area contributed by atoms with Crippen LogP contribution in [0, 0.1) is 6.92 Å². The van der Waals surface area contributed by atoms with E-state index in [1.807, 2.05) is 6.92 Å². The topological polar surface area (TPSA) is 28.4 Å². The first-order valence-corrected chi connectivity index (χ1v) is 7.66. The van der Waals surface area contributed by atoms with Crippen LogP contribution in [0.15, 0.2) is 16.7 Å². The van der Waals surface area contributed by atoms with Gasteiger partial charge in [0.1, 0.15) is 5.76 Å². The van der Waals surface area contributed by atoms with Gasteiger partial charge in [0.25, 0.3) is 0 Å². The van der Waals surface area contributed by atoms with Crippen molar-refractivity contribution in [1.29, 1.82) is 0 Å². The second-order valence-electron chi connectivity index (χ2n) is 5.40. The average Bonchev–Trinajstić information content (AvgIpc) is 2.78. The van der Waals surface area contributed by atoms with Crippen molar-refractivity contribution in [2.45, 2.75) is 52.5 Å². The third-order valence-corrected chi connectivity index (χ3v) is 3.48. The lowest BCUT2D eigenvalue weighted by Gasteiger charge is -2.15. The molecule has 0 bridgehead atoms. The fourth-order valence-electron chi connectivity index (χ4n) is 2.23. The van der Waals surface area contributed by atoms with Crippen LogP contribution in [0.5, 0.6) is 0 Å². The molecule has 0 amide bonds. The van der Waals surface area contributed by atoms with Crippen LogP contribution in [-0.4, -0.2) is 31.6 Å². The number of nitrogens with one attached hydrogen (secondary N) is 1. The minimum absolute atomic E-state index is 1.00. The maximum Gasteiger partial charge on any atom is 0.105 e. The molecule has 0 saturated heterocycles. The Labute approximate surface area is 118 Å². The molecule has 0 atom stereocenters. The highest BCUT2D eigenvalue weighted by Crippen LogP contribution is 2.11. The molecule has 3 nitrogen and oxygen atoms in total. The smallest absolute Gasteiger partial charge is 0.105 e. The van der Waals surface area contributed by atoms with Crippen LogP contribution in [0.2, 0.25) is 0 Å². The fraction of sp³-hybridized carbons (Fsp3) is 0.750. The highest BCUT2D eigenvalue weighted by molar-refractivity contribution is 5.14. The molecule has 1 aromatic rings. The van der Waals surface area contributed by atoms with Crippen LogP contribution in [0.3, 0.4) is 0 Å². The maximum absolute atomic E-state index is 5.32. The van der Waals surface area contributed by atoms with E-state index in [0.717, 1.165) is 18.8 Å². The van der Waals surface area contributed by atoms with Crippen molar-refractivity contribution in [3.63, 3.8) is 0 Å². The van der Waals surface area contributed by atoms with Crippen molar-refractivity contribution in [2.24, 2.45) is 0 Å². The van der Waals surface area contributed by atoms with E-state index in [1.54, 1.807) is 6.26 Å². The second-order valence-corrected chi connectivity index (χ2v) is 5.40. The first kappa shape index (κ1) is 16.3. The number of hydrogen-bond acceptors (Lipinski definition) is 3. The van der Waals surface area contributed by atoms with Crippen LogP contribution in [0.4, 0.5) is 0 Å². The average molecular weight is 266 g/mol. The minimum Gasteiger partial charge on any atom is -0.469 e. The Balaban J connectivity index is 1.96. The molecular weight excluding hydrogens is 236 g/mol. The van der Waals surface area contributed by atoms with Crippen LogP contribution >= 0.6 is 0 Å². The minimum atomic E-state index is 1.00. The summed E-state index contributed by atoms with van der Waals surface area (Å²) < 4.78 is 5.32. The van der Waals surface area contributed by atoms with Gasteiger partial charge in [0.05, 0.1) is 6.26 Å². The third kappa shape index (κ3) is 7.38. The van der Waals surface area contributed by atoms with Crippen molar-refractivity contribution >= 4 is 0 Å². The molecule has 1 heterocycles. The number of nitrogens with zero attached hydrogens (tertiary/aromatic N) is 1. The predicted octanol–water partition coefficient (Wildman–Crippen LogP) is 3.58. The first-order valence-electron chi connectivity index (χ1n) is 7.66. The molecule has 19 heavy (non-hydrogen) atoms. The molecule has 0 aliphatic carbocycles. The van der Waals surface area contributed by atoms with E-state index in [4.69, 9.17) is 4.42 Å². The van der Waals surface area contributed by atoms with Crippen molar-refractivity contribution in [3.8, 4) is 0 Å². The Morgan fingerprint density at radius 1 is 1.16 bits per heavy atom. The number of rotatable bonds is 11. The van der Waals surface area contributed by atoms with E-state index in [2.05, 4.69) is 30.3 Å². The van der Waals surface area contributed by atoms with Crippen molar-refractivity contribution in [2.75, 3.05) is 26.7 Å². The highest BCUT2D eigenvalue weighted by Gasteiger charge is 2.04. The molecule has 0 aliphatic heterocycles. The van der Waals surface area contributed by atoms with Crippen LogP contribution < -0.4 is 5.32 Å². The molecule has 1 rings (SSSR count). The number of furan rings is 1. The Kier molecular flexibility index (Phi) is 8.59. The largest absolute Gasteiger partial charge is 0.469 e. The lowest BCUT2D eigenvalue weighted by Crippen LogP contribution is -2.19. The van der Waals surface area contributed by atoms with Crippen molar-refractivity contribution in [3.05, 3.63) is 23.7 Å². The molecule has 110 valence electrons. The van der Waals surface area contributed by atoms with Crippen LogP contribution in [-0.2, 0) is 6.54 Å². The molecule has 3 heteroatoms. The summed E-state index contributed by atoms with van der Waals surface area (Å²) in [7, 11) is 2.19. The summed E-state index contributed by atoms with van der Waals surface area (Å²) in [5.41, 5.74) is 1.31. The maximum atomic E-state index is 5.32. The van der Waals surface area contributed by atoms with Gasteiger partial charge in [0.2, 0.25) is 0 Å². The van der Waals surface area contributed by atoms with Crippen LogP contribution in [0.25, 0.3) is 0 Å². The fourth-order valence-corrected chi connectivity index (χ4v) is 2.23. The van der Waals surface area contributed by atoms with Gasteiger partial charge >= 0.3 is 0 Å². The van der Waals surface area contributed by atoms with Gasteiger partial charge in [-0.3, -0.25) is 0 Å². The predicted molar refractivity (Wildman–Crippen MR) is 81.4 cm³/mol. The van der Waals surface area contributed by atoms with Crippen molar-refractivity contribution in [1.82, 2.24) is 10.2 Å². The Hall–Kier alpha value is -0.800. The normalized spacial score (nSPS) is 11.4. The quantitative estimate of drug-likeness (QED) is 0.621. The van der Waals surface area contributed by atoms with Gasteiger partial charge in [-0.05, 0) is 58.9 Å². The molecular formula is C16H30N2O. The zero-order chi connectivity index (χ0) is 13.9. The SMILES string of the molecule is CCCNCCCCCCN(C)Cc1ccoc1C. The summed E-state index contributed by atoms with van der Waals surface area (Å²) in [5.74, 6) is 1.05. The highest BCUT2D eigenvalue weighted by atomic mass is 16.3. The molecule has 1 aromatic heterocycles. The molecule has 1 N–H and O–H groups in total. The molecule has 0 radical (unpaired) electrons. The van der Waals surface area contributed by atoms with E-state index >= 15 is 0 Å². The molecule has 0 spiro atoms. The Bertz CT molecular complexity index is 322. The van der Waals surface area contributed by atoms with Crippen LogP contribution in [0.1, 0.15) is 50.4 Å². The monoisotopic (exact) mass is 266 g/mol. The van der Waals surface area contributed by atoms with Gasteiger partial charge in [-0.1, -0.05) is 19.8 Å². The van der Waals surface area contributed by atoms with Gasteiger partial charge in [0, 0.05) is 12.1 Å². The molecule has 0 unspecified atom stereocenters. The van der Waals surface area contributed by atoms with Gasteiger partial charge in [-0.2, -0.15) is 0 Å². The Morgan fingerprint density at radius 2 is 1.95 bits per heavy atom. The zero-order valence-corrected chi connectivity index (χ0v) is 12.9. The van der Waals surface area contributed by atoms with E-state index in [9.17, 15) is 0 Å². The number of unbranched alkanes of at least 4 members (excludes halogenated alkanes) is 3. The van der Waals surface area contributed by atoms with Gasteiger partial charge in [-0.15, -0.1) is 0 Å². The van der Waals surface area contributed by atoms with Gasteiger partial charge < -0.3 is 14.6 Å². The molecule has 0 aromatic carbocycles. The van der Waals surface area contributed by atoms with E-state index in [-0.39, 0.29) is 0 Å². The molecule has 0 fully saturated rings. The zero-order valence-electron chi connectivity index (χ0n) is 12.9. The summed E-state index contributed by atoms with van der Waals surface area (Å²) in [6.07, 6.45) is 8.30. The molecule has 0 aliphatic rings.